The van der Waals surface area contributed by atoms with Gasteiger partial charge in [-0.1, -0.05) is 116 Å². The van der Waals surface area contributed by atoms with Crippen molar-refractivity contribution in [3.8, 4) is 11.1 Å². The van der Waals surface area contributed by atoms with E-state index in [0.717, 1.165) is 42.4 Å². The van der Waals surface area contributed by atoms with Gasteiger partial charge >= 0.3 is 11.9 Å². The van der Waals surface area contributed by atoms with E-state index in [1.807, 2.05) is 36.4 Å². The van der Waals surface area contributed by atoms with E-state index in [2.05, 4.69) is 60.7 Å². The van der Waals surface area contributed by atoms with Crippen LogP contribution in [0.5, 0.6) is 0 Å². The zero-order valence-electron chi connectivity index (χ0n) is 22.8. The van der Waals surface area contributed by atoms with Crippen LogP contribution in [0.25, 0.3) is 21.9 Å². The van der Waals surface area contributed by atoms with Gasteiger partial charge in [0.05, 0.1) is 12.6 Å². The predicted molar refractivity (Wildman–Crippen MR) is 159 cm³/mol. The summed E-state index contributed by atoms with van der Waals surface area (Å²) in [7, 11) is 0. The molecule has 5 rings (SSSR count). The number of amides is 1. The van der Waals surface area contributed by atoms with Crippen molar-refractivity contribution >= 4 is 22.6 Å². The number of rotatable bonds is 9. The molecule has 0 spiro atoms. The lowest BCUT2D eigenvalue weighted by molar-refractivity contribution is -0.158. The number of carbonyl (C=O) groups is 2. The monoisotopic (exact) mass is 535 g/mol. The molecule has 1 amide bonds. The molecule has 5 nitrogen and oxygen atoms in total. The topological polar surface area (TPSA) is 77.8 Å². The third-order valence-electron chi connectivity index (χ3n) is 8.46. The number of aliphatic hydroxyl groups is 1. The van der Waals surface area contributed by atoms with Crippen LogP contribution in [0.1, 0.15) is 49.1 Å². The average Bonchev–Trinajstić information content (AvgIpc) is 3.01. The summed E-state index contributed by atoms with van der Waals surface area (Å²) in [5.41, 5.74) is 4.36. The Kier molecular flexibility index (Phi) is 8.92. The van der Waals surface area contributed by atoms with Crippen molar-refractivity contribution in [3.63, 3.8) is 0 Å². The molecule has 5 heteroatoms. The summed E-state index contributed by atoms with van der Waals surface area (Å²) in [5.74, 6) is -2.12. The predicted octanol–water partition coefficient (Wildman–Crippen LogP) is 6.69. The van der Waals surface area contributed by atoms with Crippen molar-refractivity contribution in [2.24, 2.45) is 5.92 Å². The molecule has 1 saturated carbocycles. The number of nitrogens with zero attached hydrogens (tertiary/aromatic N) is 1. The molecule has 0 radical (unpaired) electrons. The van der Waals surface area contributed by atoms with Crippen molar-refractivity contribution in [2.75, 3.05) is 13.2 Å². The maximum absolute atomic E-state index is 13.1. The molecule has 40 heavy (non-hydrogen) atoms. The zero-order valence-corrected chi connectivity index (χ0v) is 22.8. The molecule has 0 saturated heterocycles. The molecule has 206 valence electrons. The Bertz CT molecular complexity index is 1420. The first-order valence-electron chi connectivity index (χ1n) is 14.3. The lowest BCUT2D eigenvalue weighted by Gasteiger charge is -2.37. The number of carbonyl (C=O) groups excluding carboxylic acids is 1. The van der Waals surface area contributed by atoms with Gasteiger partial charge in [0.2, 0.25) is 0 Å². The smallest absolute Gasteiger partial charge is 0.394 e. The highest BCUT2D eigenvalue weighted by Crippen LogP contribution is 2.38. The average molecular weight is 536 g/mol. The Balaban J connectivity index is 1.48. The van der Waals surface area contributed by atoms with Crippen LogP contribution in [0, 0.1) is 5.92 Å². The Morgan fingerprint density at radius 1 is 0.800 bits per heavy atom. The van der Waals surface area contributed by atoms with Gasteiger partial charge in [-0.15, -0.1) is 0 Å². The minimum atomic E-state index is -1.49. The molecule has 2 N–H and O–H groups in total. The van der Waals surface area contributed by atoms with Gasteiger partial charge in [0, 0.05) is 12.5 Å². The maximum atomic E-state index is 13.1. The van der Waals surface area contributed by atoms with Gasteiger partial charge in [-0.3, -0.25) is 4.79 Å². The Labute approximate surface area is 236 Å². The van der Waals surface area contributed by atoms with E-state index >= 15 is 0 Å². The third kappa shape index (κ3) is 6.26. The first kappa shape index (κ1) is 27.6. The minimum absolute atomic E-state index is 0.0185. The van der Waals surface area contributed by atoms with Crippen LogP contribution in [-0.2, 0) is 16.0 Å². The summed E-state index contributed by atoms with van der Waals surface area (Å²) >= 11 is 0. The molecule has 4 aromatic rings. The number of carboxylic acids is 1. The maximum Gasteiger partial charge on any atom is 0.394 e. The molecule has 0 bridgehead atoms. The molecule has 2 atom stereocenters. The highest BCUT2D eigenvalue weighted by molar-refractivity contribution is 6.31. The van der Waals surface area contributed by atoms with E-state index in [0.29, 0.717) is 12.3 Å². The standard InChI is InChI=1S/C35H37NO4/c37-24-30(22-25-10-3-1-4-11-25)36(34(38)35(39)40)23-33(27-12-5-2-6-13-27)29-20-18-28(19-21-29)32-17-9-15-26-14-7-8-16-31(26)32/h1,3-4,7-11,14-21,27,30,33,37H,2,5-6,12-13,22-24H2,(H,39,40). The highest BCUT2D eigenvalue weighted by atomic mass is 16.4. The number of aliphatic carboxylic acids is 1. The van der Waals surface area contributed by atoms with Gasteiger partial charge in [-0.05, 0) is 58.2 Å². The van der Waals surface area contributed by atoms with Crippen LogP contribution in [0.4, 0.5) is 0 Å². The fraction of sp³-hybridized carbons (Fsp3) is 0.314. The molecule has 1 fully saturated rings. The zero-order chi connectivity index (χ0) is 27.9. The van der Waals surface area contributed by atoms with Crippen LogP contribution in [0.3, 0.4) is 0 Å². The van der Waals surface area contributed by atoms with E-state index in [1.54, 1.807) is 0 Å². The van der Waals surface area contributed by atoms with Crippen molar-refractivity contribution in [1.29, 1.82) is 0 Å². The number of fused-ring (bicyclic) bond motifs is 1. The minimum Gasteiger partial charge on any atom is -0.474 e. The van der Waals surface area contributed by atoms with Crippen LogP contribution in [0.2, 0.25) is 0 Å². The summed E-state index contributed by atoms with van der Waals surface area (Å²) in [6, 6.07) is 32.3. The second kappa shape index (κ2) is 12.9. The molecule has 0 aliphatic heterocycles. The van der Waals surface area contributed by atoms with Gasteiger partial charge in [0.1, 0.15) is 0 Å². The van der Waals surface area contributed by atoms with Crippen molar-refractivity contribution in [3.05, 3.63) is 108 Å². The van der Waals surface area contributed by atoms with Crippen LogP contribution in [-0.4, -0.2) is 46.2 Å². The van der Waals surface area contributed by atoms with E-state index in [1.165, 1.54) is 27.7 Å². The molecule has 2 unspecified atom stereocenters. The summed E-state index contributed by atoms with van der Waals surface area (Å²) in [5, 5.41) is 22.5. The van der Waals surface area contributed by atoms with E-state index in [9.17, 15) is 19.8 Å². The number of benzene rings is 4. The number of aliphatic hydroxyl groups excluding tert-OH is 1. The molecule has 4 aromatic carbocycles. The van der Waals surface area contributed by atoms with Crippen molar-refractivity contribution in [2.45, 2.75) is 50.5 Å². The number of hydrogen-bond donors (Lipinski definition) is 2. The van der Waals surface area contributed by atoms with Gasteiger partial charge in [0.25, 0.3) is 0 Å². The molecular formula is C35H37NO4. The first-order valence-corrected chi connectivity index (χ1v) is 14.3. The lowest BCUT2D eigenvalue weighted by Crippen LogP contribution is -2.49. The number of hydrogen-bond acceptors (Lipinski definition) is 3. The largest absolute Gasteiger partial charge is 0.474 e. The van der Waals surface area contributed by atoms with E-state index in [4.69, 9.17) is 0 Å². The summed E-state index contributed by atoms with van der Waals surface area (Å²) < 4.78 is 0. The van der Waals surface area contributed by atoms with E-state index < -0.39 is 17.9 Å². The Hall–Kier alpha value is -3.96. The van der Waals surface area contributed by atoms with Crippen LogP contribution in [0.15, 0.2) is 97.1 Å². The Morgan fingerprint density at radius 3 is 2.17 bits per heavy atom. The van der Waals surface area contributed by atoms with Crippen LogP contribution >= 0.6 is 0 Å². The summed E-state index contributed by atoms with van der Waals surface area (Å²) in [6.45, 7) is -0.0349. The molecular weight excluding hydrogens is 498 g/mol. The van der Waals surface area contributed by atoms with Crippen LogP contribution < -0.4 is 0 Å². The Morgan fingerprint density at radius 2 is 1.48 bits per heavy atom. The molecule has 0 heterocycles. The summed E-state index contributed by atoms with van der Waals surface area (Å²) in [4.78, 5) is 26.4. The van der Waals surface area contributed by atoms with E-state index in [-0.39, 0.29) is 19.1 Å². The molecule has 1 aliphatic rings. The summed E-state index contributed by atoms with van der Waals surface area (Å²) in [6.07, 6.45) is 5.97. The quantitative estimate of drug-likeness (QED) is 0.234. The fourth-order valence-electron chi connectivity index (χ4n) is 6.34. The fourth-order valence-corrected chi connectivity index (χ4v) is 6.34. The van der Waals surface area contributed by atoms with Gasteiger partial charge < -0.3 is 15.1 Å². The third-order valence-corrected chi connectivity index (χ3v) is 8.46. The highest BCUT2D eigenvalue weighted by Gasteiger charge is 2.34. The van der Waals surface area contributed by atoms with Crippen molar-refractivity contribution < 1.29 is 19.8 Å². The normalized spacial score (nSPS) is 15.4. The van der Waals surface area contributed by atoms with Crippen molar-refractivity contribution in [1.82, 2.24) is 4.90 Å². The van der Waals surface area contributed by atoms with Gasteiger partial charge in [-0.2, -0.15) is 0 Å². The SMILES string of the molecule is O=C(O)C(=O)N(CC(c1ccc(-c2cccc3ccccc23)cc1)C1CCCCC1)C(CO)Cc1ccccc1. The van der Waals surface area contributed by atoms with Gasteiger partial charge in [0.15, 0.2) is 0 Å². The molecule has 0 aromatic heterocycles. The first-order chi connectivity index (χ1) is 19.5. The second-order valence-electron chi connectivity index (χ2n) is 10.9. The second-order valence-corrected chi connectivity index (χ2v) is 10.9. The van der Waals surface area contributed by atoms with Gasteiger partial charge in [-0.25, -0.2) is 4.79 Å². The molecule has 1 aliphatic carbocycles. The number of carboxylic acid groups (broad SMARTS) is 1. The lowest BCUT2D eigenvalue weighted by atomic mass is 9.76.